The third-order valence-electron chi connectivity index (χ3n) is 3.73. The molecule has 0 bridgehead atoms. The summed E-state index contributed by atoms with van der Waals surface area (Å²) in [7, 11) is -4.23. The van der Waals surface area contributed by atoms with E-state index in [1.165, 1.54) is 48.5 Å². The molecule has 0 aliphatic carbocycles. The molecule has 27 heavy (non-hydrogen) atoms. The van der Waals surface area contributed by atoms with Gasteiger partial charge in [-0.1, -0.05) is 25.5 Å². The Labute approximate surface area is 156 Å². The van der Waals surface area contributed by atoms with Crippen LogP contribution in [0.3, 0.4) is 0 Å². The van der Waals surface area contributed by atoms with Gasteiger partial charge in [0.25, 0.3) is 0 Å². The van der Waals surface area contributed by atoms with E-state index in [1.54, 1.807) is 6.92 Å². The number of amides is 1. The molecule has 144 valence electrons. The van der Waals surface area contributed by atoms with Gasteiger partial charge in [-0.25, -0.2) is 13.2 Å². The topological polar surface area (TPSA) is 133 Å². The molecule has 0 aliphatic rings. The lowest BCUT2D eigenvalue weighted by atomic mass is 10.1. The van der Waals surface area contributed by atoms with Crippen LogP contribution in [-0.4, -0.2) is 36.5 Å². The quantitative estimate of drug-likeness (QED) is 0.509. The van der Waals surface area contributed by atoms with Gasteiger partial charge < -0.3 is 15.5 Å². The molecule has 2 aromatic rings. The highest BCUT2D eigenvalue weighted by Crippen LogP contribution is 2.18. The van der Waals surface area contributed by atoms with Gasteiger partial charge in [-0.3, -0.25) is 4.79 Å². The molecule has 8 nitrogen and oxygen atoms in total. The number of hydrogen-bond donors (Lipinski definition) is 4. The summed E-state index contributed by atoms with van der Waals surface area (Å²) in [5, 5.41) is 21.1. The van der Waals surface area contributed by atoms with Crippen LogP contribution in [0.25, 0.3) is 0 Å². The fourth-order valence-corrected chi connectivity index (χ4v) is 3.86. The highest BCUT2D eigenvalue weighted by Gasteiger charge is 2.28. The van der Waals surface area contributed by atoms with E-state index in [0.29, 0.717) is 12.1 Å². The van der Waals surface area contributed by atoms with E-state index in [-0.39, 0.29) is 17.7 Å². The number of aromatic carboxylic acids is 1. The number of hydrogen-bond acceptors (Lipinski definition) is 5. The molecule has 0 aromatic heterocycles. The van der Waals surface area contributed by atoms with E-state index in [1.807, 2.05) is 0 Å². The predicted octanol–water partition coefficient (Wildman–Crippen LogP) is 2.18. The monoisotopic (exact) mass is 392 g/mol. The molecule has 0 heterocycles. The zero-order chi connectivity index (χ0) is 20.0. The molecule has 9 heteroatoms. The first-order chi connectivity index (χ1) is 12.7. The minimum atomic E-state index is -4.23. The number of sulfonamides is 1. The molecule has 2 aromatic carbocycles. The standard InChI is InChI=1S/C18H20N2O6S/c1-2-5-15(17(22)19-12-8-10-13(21)11-9-12)20-27(25,26)16-7-4-3-6-14(16)18(23)24/h3-4,6-11,15,20-21H,2,5H2,1H3,(H,19,22)(H,23,24). The lowest BCUT2D eigenvalue weighted by molar-refractivity contribution is -0.117. The van der Waals surface area contributed by atoms with Crippen molar-refractivity contribution < 1.29 is 28.2 Å². The molecule has 0 fully saturated rings. The van der Waals surface area contributed by atoms with Crippen LogP contribution < -0.4 is 10.0 Å². The molecule has 0 radical (unpaired) electrons. The second-order valence-electron chi connectivity index (χ2n) is 5.80. The molecule has 1 unspecified atom stereocenters. The summed E-state index contributed by atoms with van der Waals surface area (Å²) >= 11 is 0. The molecule has 1 atom stereocenters. The number of carboxylic acids is 1. The van der Waals surface area contributed by atoms with Gasteiger partial charge in [0.05, 0.1) is 10.5 Å². The predicted molar refractivity (Wildman–Crippen MR) is 99.2 cm³/mol. The number of benzene rings is 2. The van der Waals surface area contributed by atoms with Gasteiger partial charge in [-0.2, -0.15) is 4.72 Å². The van der Waals surface area contributed by atoms with Crippen LogP contribution in [0.4, 0.5) is 5.69 Å². The van der Waals surface area contributed by atoms with E-state index < -0.39 is 32.8 Å². The van der Waals surface area contributed by atoms with Crippen molar-refractivity contribution in [2.45, 2.75) is 30.7 Å². The van der Waals surface area contributed by atoms with Crippen molar-refractivity contribution >= 4 is 27.6 Å². The van der Waals surface area contributed by atoms with Crippen molar-refractivity contribution in [1.82, 2.24) is 4.72 Å². The second kappa shape index (κ2) is 8.65. The minimum Gasteiger partial charge on any atom is -0.508 e. The van der Waals surface area contributed by atoms with E-state index in [4.69, 9.17) is 0 Å². The number of anilines is 1. The Bertz CT molecular complexity index is 925. The summed E-state index contributed by atoms with van der Waals surface area (Å²) in [6.07, 6.45) is 0.745. The molecule has 1 amide bonds. The highest BCUT2D eigenvalue weighted by molar-refractivity contribution is 7.89. The van der Waals surface area contributed by atoms with Crippen LogP contribution in [0.5, 0.6) is 5.75 Å². The Balaban J connectivity index is 2.25. The average Bonchev–Trinajstić information content (AvgIpc) is 2.63. The van der Waals surface area contributed by atoms with E-state index in [0.717, 1.165) is 0 Å². The summed E-state index contributed by atoms with van der Waals surface area (Å²) in [6.45, 7) is 1.79. The van der Waals surface area contributed by atoms with Gasteiger partial charge in [-0.05, 0) is 42.8 Å². The molecule has 0 aliphatic heterocycles. The van der Waals surface area contributed by atoms with E-state index in [2.05, 4.69) is 10.0 Å². The third-order valence-corrected chi connectivity index (χ3v) is 5.26. The summed E-state index contributed by atoms with van der Waals surface area (Å²) in [4.78, 5) is 23.4. The number of rotatable bonds is 8. The summed E-state index contributed by atoms with van der Waals surface area (Å²) in [6, 6.07) is 9.82. The summed E-state index contributed by atoms with van der Waals surface area (Å²) < 4.78 is 27.6. The number of carboxylic acid groups (broad SMARTS) is 1. The number of aromatic hydroxyl groups is 1. The van der Waals surface area contributed by atoms with E-state index in [9.17, 15) is 28.2 Å². The van der Waals surface area contributed by atoms with Crippen molar-refractivity contribution in [3.05, 3.63) is 54.1 Å². The number of phenols is 1. The first kappa shape index (κ1) is 20.4. The average molecular weight is 392 g/mol. The van der Waals surface area contributed by atoms with Crippen LogP contribution in [0.15, 0.2) is 53.4 Å². The van der Waals surface area contributed by atoms with Crippen LogP contribution in [0, 0.1) is 0 Å². The lowest BCUT2D eigenvalue weighted by Crippen LogP contribution is -2.44. The first-order valence-corrected chi connectivity index (χ1v) is 9.67. The van der Waals surface area contributed by atoms with Crippen LogP contribution in [0.2, 0.25) is 0 Å². The number of nitrogens with one attached hydrogen (secondary N) is 2. The Morgan fingerprint density at radius 2 is 1.70 bits per heavy atom. The summed E-state index contributed by atoms with van der Waals surface area (Å²) in [5.41, 5.74) is 0.0169. The fourth-order valence-electron chi connectivity index (χ4n) is 2.43. The molecule has 0 saturated carbocycles. The number of carbonyl (C=O) groups excluding carboxylic acids is 1. The first-order valence-electron chi connectivity index (χ1n) is 8.19. The number of carbonyl (C=O) groups is 2. The maximum atomic E-state index is 12.7. The van der Waals surface area contributed by atoms with Crippen LogP contribution in [0.1, 0.15) is 30.1 Å². The Morgan fingerprint density at radius 1 is 1.07 bits per heavy atom. The zero-order valence-electron chi connectivity index (χ0n) is 14.5. The maximum Gasteiger partial charge on any atom is 0.337 e. The highest BCUT2D eigenvalue weighted by atomic mass is 32.2. The van der Waals surface area contributed by atoms with Crippen molar-refractivity contribution in [3.63, 3.8) is 0 Å². The van der Waals surface area contributed by atoms with Gasteiger partial charge in [0, 0.05) is 5.69 Å². The summed E-state index contributed by atoms with van der Waals surface area (Å²) in [5.74, 6) is -1.93. The molecule has 4 N–H and O–H groups in total. The number of phenolic OH excluding ortho intramolecular Hbond substituents is 1. The van der Waals surface area contributed by atoms with Crippen molar-refractivity contribution in [2.75, 3.05) is 5.32 Å². The largest absolute Gasteiger partial charge is 0.508 e. The Morgan fingerprint density at radius 3 is 2.30 bits per heavy atom. The van der Waals surface area contributed by atoms with Gasteiger partial charge in [-0.15, -0.1) is 0 Å². The molecule has 0 spiro atoms. The Kier molecular flexibility index (Phi) is 6.54. The Hall–Kier alpha value is -2.91. The third kappa shape index (κ3) is 5.28. The minimum absolute atomic E-state index is 0.0316. The SMILES string of the molecule is CCCC(NS(=O)(=O)c1ccccc1C(=O)O)C(=O)Nc1ccc(O)cc1. The molecule has 2 rings (SSSR count). The van der Waals surface area contributed by atoms with Gasteiger partial charge in [0.1, 0.15) is 11.8 Å². The van der Waals surface area contributed by atoms with Crippen molar-refractivity contribution in [2.24, 2.45) is 0 Å². The van der Waals surface area contributed by atoms with Gasteiger partial charge >= 0.3 is 5.97 Å². The van der Waals surface area contributed by atoms with E-state index >= 15 is 0 Å². The maximum absolute atomic E-state index is 12.7. The van der Waals surface area contributed by atoms with Crippen molar-refractivity contribution in [3.8, 4) is 5.75 Å². The molecule has 0 saturated heterocycles. The van der Waals surface area contributed by atoms with Crippen molar-refractivity contribution in [1.29, 1.82) is 0 Å². The normalized spacial score (nSPS) is 12.3. The van der Waals surface area contributed by atoms with Crippen LogP contribution >= 0.6 is 0 Å². The second-order valence-corrected chi connectivity index (χ2v) is 7.48. The zero-order valence-corrected chi connectivity index (χ0v) is 15.4. The van der Waals surface area contributed by atoms with Crippen LogP contribution in [-0.2, 0) is 14.8 Å². The smallest absolute Gasteiger partial charge is 0.337 e. The van der Waals surface area contributed by atoms with Gasteiger partial charge in [0.15, 0.2) is 0 Å². The fraction of sp³-hybridized carbons (Fsp3) is 0.222. The van der Waals surface area contributed by atoms with Gasteiger partial charge in [0.2, 0.25) is 15.9 Å². The lowest BCUT2D eigenvalue weighted by Gasteiger charge is -2.18. The molecular formula is C18H20N2O6S. The molecular weight excluding hydrogens is 372 g/mol.